The summed E-state index contributed by atoms with van der Waals surface area (Å²) in [6, 6.07) is 7.55. The van der Waals surface area contributed by atoms with Crippen molar-refractivity contribution in [3.05, 3.63) is 34.9 Å². The highest BCUT2D eigenvalue weighted by atomic mass is 35.5. The quantitative estimate of drug-likeness (QED) is 0.857. The molecule has 26 heavy (non-hydrogen) atoms. The fraction of sp³-hybridized carbons (Fsp3) is 0.600. The second-order valence-electron chi connectivity index (χ2n) is 7.48. The van der Waals surface area contributed by atoms with E-state index in [1.54, 1.807) is 0 Å². The van der Waals surface area contributed by atoms with E-state index in [1.807, 2.05) is 29.2 Å². The normalized spacial score (nSPS) is 20.2. The number of piperazine rings is 1. The molecule has 1 saturated heterocycles. The van der Waals surface area contributed by atoms with Crippen LogP contribution in [0, 0.1) is 5.92 Å². The predicted molar refractivity (Wildman–Crippen MR) is 103 cm³/mol. The molecule has 1 aliphatic carbocycles. The molecule has 1 saturated carbocycles. The Morgan fingerprint density at radius 3 is 2.35 bits per heavy atom. The molecule has 2 aliphatic rings. The highest BCUT2D eigenvalue weighted by Crippen LogP contribution is 2.37. The van der Waals surface area contributed by atoms with Gasteiger partial charge in [-0.2, -0.15) is 0 Å². The van der Waals surface area contributed by atoms with Gasteiger partial charge < -0.3 is 15.1 Å². The lowest BCUT2D eigenvalue weighted by atomic mass is 9.84. The van der Waals surface area contributed by atoms with Crippen molar-refractivity contribution in [2.24, 2.45) is 5.92 Å². The van der Waals surface area contributed by atoms with Crippen LogP contribution in [0.3, 0.4) is 0 Å². The molecule has 2 fully saturated rings. The van der Waals surface area contributed by atoms with Gasteiger partial charge in [-0.3, -0.25) is 9.59 Å². The van der Waals surface area contributed by atoms with E-state index in [1.165, 1.54) is 12.8 Å². The molecule has 5 nitrogen and oxygen atoms in total. The molecule has 1 heterocycles. The Bertz CT molecular complexity index is 620. The molecule has 1 N–H and O–H groups in total. The summed E-state index contributed by atoms with van der Waals surface area (Å²) in [5, 5.41) is 3.58. The lowest BCUT2D eigenvalue weighted by molar-refractivity contribution is -0.134. The summed E-state index contributed by atoms with van der Waals surface area (Å²) in [7, 11) is 2.06. The molecule has 0 bridgehead atoms. The Kier molecular flexibility index (Phi) is 6.54. The standard InChI is InChI=1S/C20H28ClN3O2/c1-23-10-12-24(13-11-23)18(25)14-22-20(26)19(15-4-2-3-5-15)16-6-8-17(21)9-7-16/h6-9,15,19H,2-5,10-14H2,1H3,(H,22,26). The van der Waals surface area contributed by atoms with Gasteiger partial charge in [0.2, 0.25) is 11.8 Å². The van der Waals surface area contributed by atoms with Gasteiger partial charge in [-0.25, -0.2) is 0 Å². The first-order chi connectivity index (χ1) is 12.5. The summed E-state index contributed by atoms with van der Waals surface area (Å²) in [6.45, 7) is 3.31. The fourth-order valence-electron chi connectivity index (χ4n) is 4.04. The van der Waals surface area contributed by atoms with E-state index in [-0.39, 0.29) is 24.3 Å². The van der Waals surface area contributed by atoms with Crippen LogP contribution in [0.5, 0.6) is 0 Å². The van der Waals surface area contributed by atoms with Crippen LogP contribution in [0.2, 0.25) is 5.02 Å². The number of halogens is 1. The molecule has 0 radical (unpaired) electrons. The number of likely N-dealkylation sites (N-methyl/N-ethyl adjacent to an activating group) is 1. The van der Waals surface area contributed by atoms with Crippen molar-refractivity contribution in [2.75, 3.05) is 39.8 Å². The first-order valence-corrected chi connectivity index (χ1v) is 9.92. The molecule has 1 aliphatic heterocycles. The van der Waals surface area contributed by atoms with Gasteiger partial charge in [0, 0.05) is 31.2 Å². The molecule has 2 amide bonds. The summed E-state index contributed by atoms with van der Waals surface area (Å²) < 4.78 is 0. The average Bonchev–Trinajstić information content (AvgIpc) is 3.16. The van der Waals surface area contributed by atoms with E-state index in [0.29, 0.717) is 10.9 Å². The Morgan fingerprint density at radius 2 is 1.73 bits per heavy atom. The Morgan fingerprint density at radius 1 is 1.12 bits per heavy atom. The van der Waals surface area contributed by atoms with Crippen molar-refractivity contribution < 1.29 is 9.59 Å². The molecule has 142 valence electrons. The fourth-order valence-corrected chi connectivity index (χ4v) is 4.16. The monoisotopic (exact) mass is 377 g/mol. The van der Waals surface area contributed by atoms with Crippen LogP contribution < -0.4 is 5.32 Å². The maximum absolute atomic E-state index is 12.9. The van der Waals surface area contributed by atoms with Crippen molar-refractivity contribution in [1.82, 2.24) is 15.1 Å². The Labute approximate surface area is 160 Å². The zero-order valence-electron chi connectivity index (χ0n) is 15.4. The number of benzene rings is 1. The predicted octanol–water partition coefficient (Wildman–Crippen LogP) is 2.50. The second kappa shape index (κ2) is 8.87. The molecular weight excluding hydrogens is 350 g/mol. The van der Waals surface area contributed by atoms with Gasteiger partial charge in [0.1, 0.15) is 0 Å². The molecule has 6 heteroatoms. The number of carbonyl (C=O) groups excluding carboxylic acids is 2. The summed E-state index contributed by atoms with van der Waals surface area (Å²) in [5.41, 5.74) is 0.992. The van der Waals surface area contributed by atoms with Crippen molar-refractivity contribution in [1.29, 1.82) is 0 Å². The van der Waals surface area contributed by atoms with Crippen molar-refractivity contribution in [3.63, 3.8) is 0 Å². The van der Waals surface area contributed by atoms with Crippen LogP contribution in [0.4, 0.5) is 0 Å². The van der Waals surface area contributed by atoms with Crippen molar-refractivity contribution in [2.45, 2.75) is 31.6 Å². The summed E-state index contributed by atoms with van der Waals surface area (Å²) in [4.78, 5) is 29.4. The van der Waals surface area contributed by atoms with Crippen molar-refractivity contribution >= 4 is 23.4 Å². The van der Waals surface area contributed by atoms with Crippen molar-refractivity contribution in [3.8, 4) is 0 Å². The Hall–Kier alpha value is -1.59. The third kappa shape index (κ3) is 4.77. The maximum Gasteiger partial charge on any atom is 0.242 e. The van der Waals surface area contributed by atoms with Gasteiger partial charge in [-0.1, -0.05) is 36.6 Å². The first-order valence-electron chi connectivity index (χ1n) is 9.54. The number of carbonyl (C=O) groups is 2. The minimum Gasteiger partial charge on any atom is -0.346 e. The lowest BCUT2D eigenvalue weighted by Gasteiger charge is -2.32. The number of rotatable bonds is 5. The zero-order chi connectivity index (χ0) is 18.5. The highest BCUT2D eigenvalue weighted by Gasteiger charge is 2.32. The number of nitrogens with one attached hydrogen (secondary N) is 1. The largest absolute Gasteiger partial charge is 0.346 e. The van der Waals surface area contributed by atoms with Crippen LogP contribution >= 0.6 is 11.6 Å². The molecule has 1 aromatic carbocycles. The molecule has 0 aromatic heterocycles. The number of hydrogen-bond acceptors (Lipinski definition) is 3. The lowest BCUT2D eigenvalue weighted by Crippen LogP contribution is -2.50. The van der Waals surface area contributed by atoms with E-state index >= 15 is 0 Å². The van der Waals surface area contributed by atoms with Crippen LogP contribution in [0.15, 0.2) is 24.3 Å². The van der Waals surface area contributed by atoms with Crippen LogP contribution in [-0.2, 0) is 9.59 Å². The van der Waals surface area contributed by atoms with Gasteiger partial charge in [-0.05, 0) is 43.5 Å². The van der Waals surface area contributed by atoms with Crippen LogP contribution in [0.1, 0.15) is 37.2 Å². The molecule has 0 spiro atoms. The van der Waals surface area contributed by atoms with Crippen LogP contribution in [0.25, 0.3) is 0 Å². The minimum atomic E-state index is -0.199. The van der Waals surface area contributed by atoms with E-state index in [0.717, 1.165) is 44.6 Å². The molecule has 1 aromatic rings. The number of hydrogen-bond donors (Lipinski definition) is 1. The number of amides is 2. The molecule has 1 atom stereocenters. The van der Waals surface area contributed by atoms with E-state index in [2.05, 4.69) is 17.3 Å². The van der Waals surface area contributed by atoms with E-state index < -0.39 is 0 Å². The van der Waals surface area contributed by atoms with Gasteiger partial charge in [-0.15, -0.1) is 0 Å². The van der Waals surface area contributed by atoms with E-state index in [4.69, 9.17) is 11.6 Å². The molecular formula is C20H28ClN3O2. The van der Waals surface area contributed by atoms with Gasteiger partial charge >= 0.3 is 0 Å². The zero-order valence-corrected chi connectivity index (χ0v) is 16.2. The van der Waals surface area contributed by atoms with Gasteiger partial charge in [0.25, 0.3) is 0 Å². The number of nitrogens with zero attached hydrogens (tertiary/aromatic N) is 2. The Balaban J connectivity index is 1.62. The SMILES string of the molecule is CN1CCN(C(=O)CNC(=O)C(c2ccc(Cl)cc2)C2CCCC2)CC1. The summed E-state index contributed by atoms with van der Waals surface area (Å²) in [5.74, 6) is 0.111. The average molecular weight is 378 g/mol. The topological polar surface area (TPSA) is 52.6 Å². The summed E-state index contributed by atoms with van der Waals surface area (Å²) in [6.07, 6.45) is 4.46. The first kappa shape index (κ1) is 19.2. The minimum absolute atomic E-state index is 0.00716. The highest BCUT2D eigenvalue weighted by molar-refractivity contribution is 6.30. The molecule has 1 unspecified atom stereocenters. The van der Waals surface area contributed by atoms with Gasteiger partial charge in [0.05, 0.1) is 12.5 Å². The smallest absolute Gasteiger partial charge is 0.242 e. The maximum atomic E-state index is 12.9. The molecule has 3 rings (SSSR count). The van der Waals surface area contributed by atoms with Crippen LogP contribution in [-0.4, -0.2) is 61.4 Å². The summed E-state index contributed by atoms with van der Waals surface area (Å²) >= 11 is 6.00. The third-order valence-electron chi connectivity index (χ3n) is 5.65. The second-order valence-corrected chi connectivity index (χ2v) is 7.91. The van der Waals surface area contributed by atoms with E-state index in [9.17, 15) is 9.59 Å². The third-order valence-corrected chi connectivity index (χ3v) is 5.90. The van der Waals surface area contributed by atoms with Gasteiger partial charge in [0.15, 0.2) is 0 Å².